The molecule has 1 aromatic rings. The van der Waals surface area contributed by atoms with E-state index >= 15 is 0 Å². The Kier molecular flexibility index (Phi) is 5.82. The van der Waals surface area contributed by atoms with Crippen LogP contribution in [0, 0.1) is 5.92 Å². The summed E-state index contributed by atoms with van der Waals surface area (Å²) in [6.07, 6.45) is 0. The summed E-state index contributed by atoms with van der Waals surface area (Å²) in [5.41, 5.74) is 6.08. The summed E-state index contributed by atoms with van der Waals surface area (Å²) in [5, 5.41) is 9.42. The Bertz CT molecular complexity index is 344. The molecule has 2 unspecified atom stereocenters. The predicted octanol–water partition coefficient (Wildman–Crippen LogP) is 2.13. The van der Waals surface area contributed by atoms with Crippen LogP contribution in [0.25, 0.3) is 0 Å². The van der Waals surface area contributed by atoms with E-state index in [2.05, 4.69) is 13.8 Å². The standard InChI is InChI=1S/C13H21NO2S/c1-9(2)13(14)12(8-15)17-11-6-4-5-10(7-11)16-3/h4-7,9,12-13,15H,8,14H2,1-3H3. The van der Waals surface area contributed by atoms with Gasteiger partial charge >= 0.3 is 0 Å². The molecule has 0 radical (unpaired) electrons. The van der Waals surface area contributed by atoms with E-state index in [0.717, 1.165) is 10.6 Å². The minimum atomic E-state index is -0.0174. The van der Waals surface area contributed by atoms with Gasteiger partial charge in [-0.15, -0.1) is 11.8 Å². The molecule has 0 aliphatic rings. The zero-order valence-corrected chi connectivity index (χ0v) is 11.4. The average molecular weight is 255 g/mol. The van der Waals surface area contributed by atoms with Crippen LogP contribution in [-0.2, 0) is 0 Å². The third kappa shape index (κ3) is 4.22. The first-order valence-electron chi connectivity index (χ1n) is 5.75. The molecule has 0 aliphatic heterocycles. The Hall–Kier alpha value is -0.710. The van der Waals surface area contributed by atoms with Crippen molar-refractivity contribution in [2.45, 2.75) is 30.0 Å². The summed E-state index contributed by atoms with van der Waals surface area (Å²) in [7, 11) is 1.65. The van der Waals surface area contributed by atoms with Gasteiger partial charge in [0, 0.05) is 16.2 Å². The molecule has 1 aromatic carbocycles. The predicted molar refractivity (Wildman–Crippen MR) is 72.5 cm³/mol. The lowest BCUT2D eigenvalue weighted by atomic mass is 10.0. The van der Waals surface area contributed by atoms with Crippen molar-refractivity contribution >= 4 is 11.8 Å². The van der Waals surface area contributed by atoms with Gasteiger partial charge in [0.25, 0.3) is 0 Å². The average Bonchev–Trinajstić information content (AvgIpc) is 2.35. The molecule has 0 spiro atoms. The second-order valence-electron chi connectivity index (χ2n) is 4.34. The monoisotopic (exact) mass is 255 g/mol. The summed E-state index contributed by atoms with van der Waals surface area (Å²) >= 11 is 1.60. The molecular weight excluding hydrogens is 234 g/mol. The van der Waals surface area contributed by atoms with Crippen molar-refractivity contribution < 1.29 is 9.84 Å². The molecule has 2 atom stereocenters. The fourth-order valence-corrected chi connectivity index (χ4v) is 2.75. The molecule has 1 rings (SSSR count). The van der Waals surface area contributed by atoms with Crippen molar-refractivity contribution in [3.05, 3.63) is 24.3 Å². The number of rotatable bonds is 6. The van der Waals surface area contributed by atoms with Gasteiger partial charge in [0.1, 0.15) is 5.75 Å². The van der Waals surface area contributed by atoms with Crippen molar-refractivity contribution in [3.8, 4) is 5.75 Å². The summed E-state index contributed by atoms with van der Waals surface area (Å²) in [4.78, 5) is 1.07. The summed E-state index contributed by atoms with van der Waals surface area (Å²) < 4.78 is 5.17. The van der Waals surface area contributed by atoms with Gasteiger partial charge in [-0.1, -0.05) is 19.9 Å². The molecular formula is C13H21NO2S. The number of benzene rings is 1. The van der Waals surface area contributed by atoms with E-state index < -0.39 is 0 Å². The van der Waals surface area contributed by atoms with E-state index in [-0.39, 0.29) is 17.9 Å². The Morgan fingerprint density at radius 3 is 2.65 bits per heavy atom. The van der Waals surface area contributed by atoms with Crippen LogP contribution in [0.3, 0.4) is 0 Å². The molecule has 0 saturated carbocycles. The maximum atomic E-state index is 9.40. The lowest BCUT2D eigenvalue weighted by molar-refractivity contribution is 0.269. The molecule has 0 aliphatic carbocycles. The molecule has 4 heteroatoms. The molecule has 0 aromatic heterocycles. The molecule has 96 valence electrons. The van der Waals surface area contributed by atoms with Crippen LogP contribution in [0.2, 0.25) is 0 Å². The SMILES string of the molecule is COc1cccc(SC(CO)C(N)C(C)C)c1. The number of nitrogens with two attached hydrogens (primary N) is 1. The quantitative estimate of drug-likeness (QED) is 0.765. The Morgan fingerprint density at radius 2 is 2.12 bits per heavy atom. The maximum Gasteiger partial charge on any atom is 0.119 e. The van der Waals surface area contributed by atoms with Crippen molar-refractivity contribution in [2.75, 3.05) is 13.7 Å². The normalized spacial score (nSPS) is 14.7. The van der Waals surface area contributed by atoms with Gasteiger partial charge in [0.05, 0.1) is 13.7 Å². The highest BCUT2D eigenvalue weighted by Gasteiger charge is 2.21. The second-order valence-corrected chi connectivity index (χ2v) is 5.65. The van der Waals surface area contributed by atoms with E-state index in [1.807, 2.05) is 24.3 Å². The number of hydrogen-bond acceptors (Lipinski definition) is 4. The topological polar surface area (TPSA) is 55.5 Å². The molecule has 0 saturated heterocycles. The third-order valence-corrected chi connectivity index (χ3v) is 4.00. The molecule has 3 nitrogen and oxygen atoms in total. The highest BCUT2D eigenvalue weighted by molar-refractivity contribution is 8.00. The van der Waals surface area contributed by atoms with Gasteiger partial charge in [-0.2, -0.15) is 0 Å². The highest BCUT2D eigenvalue weighted by Crippen LogP contribution is 2.29. The van der Waals surface area contributed by atoms with Gasteiger partial charge in [-0.3, -0.25) is 0 Å². The Balaban J connectivity index is 2.73. The molecule has 0 heterocycles. The number of methoxy groups -OCH3 is 1. The molecule has 0 bridgehead atoms. The number of aliphatic hydroxyl groups excluding tert-OH is 1. The van der Waals surface area contributed by atoms with Crippen LogP contribution >= 0.6 is 11.8 Å². The summed E-state index contributed by atoms with van der Waals surface area (Å²) in [6.45, 7) is 4.22. The largest absolute Gasteiger partial charge is 0.497 e. The smallest absolute Gasteiger partial charge is 0.119 e. The van der Waals surface area contributed by atoms with Crippen molar-refractivity contribution in [1.82, 2.24) is 0 Å². The molecule has 17 heavy (non-hydrogen) atoms. The van der Waals surface area contributed by atoms with E-state index in [9.17, 15) is 5.11 Å². The van der Waals surface area contributed by atoms with Crippen LogP contribution in [0.5, 0.6) is 5.75 Å². The van der Waals surface area contributed by atoms with E-state index in [1.165, 1.54) is 0 Å². The first kappa shape index (κ1) is 14.4. The van der Waals surface area contributed by atoms with E-state index in [1.54, 1.807) is 18.9 Å². The van der Waals surface area contributed by atoms with Crippen molar-refractivity contribution in [1.29, 1.82) is 0 Å². The minimum Gasteiger partial charge on any atom is -0.497 e. The number of aliphatic hydroxyl groups is 1. The Morgan fingerprint density at radius 1 is 1.41 bits per heavy atom. The lowest BCUT2D eigenvalue weighted by Crippen LogP contribution is -2.39. The van der Waals surface area contributed by atoms with Crippen LogP contribution < -0.4 is 10.5 Å². The fourth-order valence-electron chi connectivity index (χ4n) is 1.52. The number of thioether (sulfide) groups is 1. The van der Waals surface area contributed by atoms with Gasteiger partial charge in [0.2, 0.25) is 0 Å². The Labute approximate surface area is 107 Å². The fraction of sp³-hybridized carbons (Fsp3) is 0.538. The second kappa shape index (κ2) is 6.89. The van der Waals surface area contributed by atoms with Gasteiger partial charge in [0.15, 0.2) is 0 Å². The van der Waals surface area contributed by atoms with Crippen LogP contribution in [0.1, 0.15) is 13.8 Å². The maximum absolute atomic E-state index is 9.40. The van der Waals surface area contributed by atoms with Crippen molar-refractivity contribution in [3.63, 3.8) is 0 Å². The summed E-state index contributed by atoms with van der Waals surface area (Å²) in [5.74, 6) is 1.18. The van der Waals surface area contributed by atoms with E-state index in [4.69, 9.17) is 10.5 Å². The lowest BCUT2D eigenvalue weighted by Gasteiger charge is -2.24. The molecule has 0 amide bonds. The number of hydrogen-bond donors (Lipinski definition) is 2. The van der Waals surface area contributed by atoms with Crippen LogP contribution in [-0.4, -0.2) is 30.1 Å². The summed E-state index contributed by atoms with van der Waals surface area (Å²) in [6, 6.07) is 7.79. The van der Waals surface area contributed by atoms with Crippen LogP contribution in [0.4, 0.5) is 0 Å². The first-order valence-corrected chi connectivity index (χ1v) is 6.63. The third-order valence-electron chi connectivity index (χ3n) is 2.71. The van der Waals surface area contributed by atoms with E-state index in [0.29, 0.717) is 5.92 Å². The highest BCUT2D eigenvalue weighted by atomic mass is 32.2. The molecule has 0 fully saturated rings. The van der Waals surface area contributed by atoms with Gasteiger partial charge in [-0.25, -0.2) is 0 Å². The van der Waals surface area contributed by atoms with Gasteiger partial charge in [-0.05, 0) is 24.1 Å². The van der Waals surface area contributed by atoms with Crippen molar-refractivity contribution in [2.24, 2.45) is 11.7 Å². The zero-order valence-electron chi connectivity index (χ0n) is 10.6. The minimum absolute atomic E-state index is 0.0158. The van der Waals surface area contributed by atoms with Crippen LogP contribution in [0.15, 0.2) is 29.2 Å². The number of ether oxygens (including phenoxy) is 1. The molecule has 3 N–H and O–H groups in total. The first-order chi connectivity index (χ1) is 8.08. The zero-order chi connectivity index (χ0) is 12.8. The van der Waals surface area contributed by atoms with Gasteiger partial charge < -0.3 is 15.6 Å².